The quantitative estimate of drug-likeness (QED) is 0.679. The lowest BCUT2D eigenvalue weighted by molar-refractivity contribution is -0.155. The number of anilines is 1. The number of carbonyl (C=O) groups is 1. The minimum Gasteiger partial charge on any atom is -0.479 e. The molecule has 0 amide bonds. The largest absolute Gasteiger partial charge is 0.479 e. The van der Waals surface area contributed by atoms with Crippen LogP contribution in [0, 0.1) is 0 Å². The van der Waals surface area contributed by atoms with Crippen LogP contribution in [-0.2, 0) is 4.79 Å². The van der Waals surface area contributed by atoms with Gasteiger partial charge in [0.2, 0.25) is 0 Å². The zero-order valence-electron chi connectivity index (χ0n) is 7.15. The monoisotopic (exact) mass is 201 g/mol. The summed E-state index contributed by atoms with van der Waals surface area (Å²) in [4.78, 5) is 10.5. The van der Waals surface area contributed by atoms with E-state index < -0.39 is 11.6 Å². The Bertz CT molecular complexity index is 282. The van der Waals surface area contributed by atoms with Crippen molar-refractivity contribution in [3.05, 3.63) is 16.8 Å². The average Bonchev–Trinajstić information content (AvgIpc) is 2.52. The van der Waals surface area contributed by atoms with Crippen LogP contribution < -0.4 is 5.32 Å². The van der Waals surface area contributed by atoms with E-state index in [0.717, 1.165) is 5.69 Å². The average molecular weight is 201 g/mol. The highest BCUT2D eigenvalue weighted by Gasteiger charge is 2.29. The van der Waals surface area contributed by atoms with Gasteiger partial charge in [-0.15, -0.1) is 0 Å². The molecule has 0 aliphatic rings. The normalized spacial score (nSPS) is 14.9. The molecule has 3 N–H and O–H groups in total. The minimum absolute atomic E-state index is 0.000926. The number of thiophene rings is 1. The number of carboxylic acids is 1. The zero-order valence-corrected chi connectivity index (χ0v) is 7.97. The molecule has 0 aromatic carbocycles. The SMILES string of the molecule is CC(O)(CNc1ccsc1)C(=O)O. The van der Waals surface area contributed by atoms with Gasteiger partial charge in [-0.2, -0.15) is 11.3 Å². The number of nitrogens with one attached hydrogen (secondary N) is 1. The van der Waals surface area contributed by atoms with Crippen LogP contribution in [0.1, 0.15) is 6.92 Å². The molecule has 1 aromatic rings. The van der Waals surface area contributed by atoms with Crippen molar-refractivity contribution in [3.8, 4) is 0 Å². The topological polar surface area (TPSA) is 69.6 Å². The van der Waals surface area contributed by atoms with Gasteiger partial charge in [0.15, 0.2) is 5.60 Å². The fourth-order valence-electron chi connectivity index (χ4n) is 0.715. The van der Waals surface area contributed by atoms with E-state index in [9.17, 15) is 9.90 Å². The van der Waals surface area contributed by atoms with E-state index in [2.05, 4.69) is 5.32 Å². The first-order valence-electron chi connectivity index (χ1n) is 3.74. The van der Waals surface area contributed by atoms with Crippen LogP contribution in [0.3, 0.4) is 0 Å². The van der Waals surface area contributed by atoms with Gasteiger partial charge < -0.3 is 15.5 Å². The Hall–Kier alpha value is -1.07. The van der Waals surface area contributed by atoms with Gasteiger partial charge in [-0.1, -0.05) is 0 Å². The molecule has 1 atom stereocenters. The molecule has 72 valence electrons. The van der Waals surface area contributed by atoms with E-state index in [0.29, 0.717) is 0 Å². The van der Waals surface area contributed by atoms with Gasteiger partial charge in [0.1, 0.15) is 0 Å². The summed E-state index contributed by atoms with van der Waals surface area (Å²) in [6, 6.07) is 1.82. The van der Waals surface area contributed by atoms with Gasteiger partial charge in [0, 0.05) is 11.1 Å². The number of aliphatic hydroxyl groups is 1. The first kappa shape index (κ1) is 10.0. The van der Waals surface area contributed by atoms with E-state index in [4.69, 9.17) is 5.11 Å². The molecule has 1 rings (SSSR count). The predicted octanol–water partition coefficient (Wildman–Crippen LogP) is 0.996. The van der Waals surface area contributed by atoms with Crippen molar-refractivity contribution in [2.24, 2.45) is 0 Å². The second kappa shape index (κ2) is 3.76. The Morgan fingerprint density at radius 1 is 1.77 bits per heavy atom. The van der Waals surface area contributed by atoms with E-state index in [1.807, 2.05) is 16.8 Å². The number of carboxylic acid groups (broad SMARTS) is 1. The van der Waals surface area contributed by atoms with Crippen LogP contribution in [0.5, 0.6) is 0 Å². The van der Waals surface area contributed by atoms with Gasteiger partial charge >= 0.3 is 5.97 Å². The molecule has 0 spiro atoms. The third-order valence-corrected chi connectivity index (χ3v) is 2.30. The van der Waals surface area contributed by atoms with Gasteiger partial charge in [0.25, 0.3) is 0 Å². The maximum atomic E-state index is 10.5. The Balaban J connectivity index is 2.47. The number of rotatable bonds is 4. The van der Waals surface area contributed by atoms with Crippen LogP contribution in [0.4, 0.5) is 5.69 Å². The van der Waals surface area contributed by atoms with E-state index >= 15 is 0 Å². The molecule has 0 fully saturated rings. The summed E-state index contributed by atoms with van der Waals surface area (Å²) in [6.45, 7) is 1.26. The van der Waals surface area contributed by atoms with E-state index in [-0.39, 0.29) is 6.54 Å². The lowest BCUT2D eigenvalue weighted by atomic mass is 10.1. The van der Waals surface area contributed by atoms with Crippen LogP contribution in [0.15, 0.2) is 16.8 Å². The molecule has 13 heavy (non-hydrogen) atoms. The molecule has 1 aromatic heterocycles. The van der Waals surface area contributed by atoms with E-state index in [1.165, 1.54) is 18.3 Å². The van der Waals surface area contributed by atoms with Crippen LogP contribution in [0.2, 0.25) is 0 Å². The highest BCUT2D eigenvalue weighted by molar-refractivity contribution is 7.08. The highest BCUT2D eigenvalue weighted by Crippen LogP contribution is 2.13. The summed E-state index contributed by atoms with van der Waals surface area (Å²) in [5, 5.41) is 24.5. The van der Waals surface area contributed by atoms with Gasteiger partial charge in [-0.3, -0.25) is 0 Å². The lowest BCUT2D eigenvalue weighted by Crippen LogP contribution is -2.41. The molecule has 0 aliphatic carbocycles. The van der Waals surface area contributed by atoms with Gasteiger partial charge in [-0.25, -0.2) is 4.79 Å². The van der Waals surface area contributed by atoms with E-state index in [1.54, 1.807) is 0 Å². The first-order valence-corrected chi connectivity index (χ1v) is 4.68. The van der Waals surface area contributed by atoms with Crippen molar-refractivity contribution in [1.82, 2.24) is 0 Å². The Kier molecular flexibility index (Phi) is 2.90. The molecular formula is C8H11NO3S. The molecule has 4 nitrogen and oxygen atoms in total. The van der Waals surface area contributed by atoms with Crippen LogP contribution in [0.25, 0.3) is 0 Å². The molecule has 0 radical (unpaired) electrons. The molecular weight excluding hydrogens is 190 g/mol. The van der Waals surface area contributed by atoms with Crippen molar-refractivity contribution in [2.45, 2.75) is 12.5 Å². The van der Waals surface area contributed by atoms with Crippen LogP contribution >= 0.6 is 11.3 Å². The standard InChI is InChI=1S/C8H11NO3S/c1-8(12,7(10)11)5-9-6-2-3-13-4-6/h2-4,9,12H,5H2,1H3,(H,10,11). The van der Waals surface area contributed by atoms with Crippen molar-refractivity contribution in [1.29, 1.82) is 0 Å². The highest BCUT2D eigenvalue weighted by atomic mass is 32.1. The Morgan fingerprint density at radius 3 is 2.92 bits per heavy atom. The third-order valence-electron chi connectivity index (χ3n) is 1.62. The molecule has 0 saturated carbocycles. The van der Waals surface area contributed by atoms with Crippen molar-refractivity contribution in [2.75, 3.05) is 11.9 Å². The molecule has 0 aliphatic heterocycles. The lowest BCUT2D eigenvalue weighted by Gasteiger charge is -2.18. The minimum atomic E-state index is -1.72. The predicted molar refractivity (Wildman–Crippen MR) is 51.1 cm³/mol. The Morgan fingerprint density at radius 2 is 2.46 bits per heavy atom. The van der Waals surface area contributed by atoms with Gasteiger partial charge in [-0.05, 0) is 18.4 Å². The summed E-state index contributed by atoms with van der Waals surface area (Å²) in [7, 11) is 0. The Labute approximate surface area is 79.8 Å². The molecule has 1 heterocycles. The van der Waals surface area contributed by atoms with Crippen molar-refractivity contribution >= 4 is 23.0 Å². The molecule has 1 unspecified atom stereocenters. The maximum Gasteiger partial charge on any atom is 0.337 e. The third kappa shape index (κ3) is 2.71. The summed E-state index contributed by atoms with van der Waals surface area (Å²) in [6.07, 6.45) is 0. The summed E-state index contributed by atoms with van der Waals surface area (Å²) in [5.41, 5.74) is -0.895. The first-order chi connectivity index (χ1) is 6.02. The number of hydrogen-bond acceptors (Lipinski definition) is 4. The number of aliphatic carboxylic acids is 1. The summed E-state index contributed by atoms with van der Waals surface area (Å²) in [5.74, 6) is -1.23. The second-order valence-electron chi connectivity index (χ2n) is 2.94. The zero-order chi connectivity index (χ0) is 9.90. The van der Waals surface area contributed by atoms with Crippen molar-refractivity contribution < 1.29 is 15.0 Å². The summed E-state index contributed by atoms with van der Waals surface area (Å²) >= 11 is 1.51. The second-order valence-corrected chi connectivity index (χ2v) is 3.72. The van der Waals surface area contributed by atoms with Crippen LogP contribution in [-0.4, -0.2) is 28.3 Å². The number of hydrogen-bond donors (Lipinski definition) is 3. The fourth-order valence-corrected chi connectivity index (χ4v) is 1.33. The molecule has 5 heteroatoms. The van der Waals surface area contributed by atoms with Crippen molar-refractivity contribution in [3.63, 3.8) is 0 Å². The van der Waals surface area contributed by atoms with Gasteiger partial charge in [0.05, 0.1) is 6.54 Å². The summed E-state index contributed by atoms with van der Waals surface area (Å²) < 4.78 is 0. The smallest absolute Gasteiger partial charge is 0.337 e. The molecule has 0 saturated heterocycles. The maximum absolute atomic E-state index is 10.5. The molecule has 0 bridgehead atoms. The fraction of sp³-hybridized carbons (Fsp3) is 0.375.